The van der Waals surface area contributed by atoms with Crippen LogP contribution < -0.4 is 5.32 Å². The molecule has 0 radical (unpaired) electrons. The Bertz CT molecular complexity index is 291. The molecule has 0 aromatic heterocycles. The number of amides is 1. The molecule has 3 atom stereocenters. The molecule has 1 aliphatic rings. The minimum Gasteiger partial charge on any atom is -0.481 e. The highest BCUT2D eigenvalue weighted by Gasteiger charge is 2.36. The molecule has 0 saturated heterocycles. The van der Waals surface area contributed by atoms with E-state index in [2.05, 4.69) is 19.2 Å². The number of carboxylic acids is 1. The van der Waals surface area contributed by atoms with Gasteiger partial charge in [0.2, 0.25) is 5.91 Å². The van der Waals surface area contributed by atoms with Crippen LogP contribution in [0.25, 0.3) is 0 Å². The molecule has 1 fully saturated rings. The van der Waals surface area contributed by atoms with Crippen LogP contribution in [0, 0.1) is 11.8 Å². The maximum Gasteiger partial charge on any atom is 0.307 e. The number of carboxylic acid groups (broad SMARTS) is 1. The number of carbonyl (C=O) groups excluding carboxylic acids is 1. The number of rotatable bonds is 6. The van der Waals surface area contributed by atoms with E-state index in [9.17, 15) is 14.7 Å². The van der Waals surface area contributed by atoms with Crippen LogP contribution >= 0.6 is 0 Å². The molecule has 1 rings (SSSR count). The Morgan fingerprint density at radius 3 is 2.33 bits per heavy atom. The molecule has 0 heterocycles. The highest BCUT2D eigenvalue weighted by Crippen LogP contribution is 2.30. The molecule has 1 unspecified atom stereocenters. The summed E-state index contributed by atoms with van der Waals surface area (Å²) in [5.74, 6) is -1.69. The molecule has 1 aliphatic carbocycles. The SMILES string of the molecule is CCCC(CC)NC(=O)[C@@H]1CCCC[C@@H]1C(=O)O. The van der Waals surface area contributed by atoms with Crippen LogP contribution in [0.15, 0.2) is 0 Å². The van der Waals surface area contributed by atoms with Crippen molar-refractivity contribution in [3.8, 4) is 0 Å². The summed E-state index contributed by atoms with van der Waals surface area (Å²) in [5, 5.41) is 12.2. The lowest BCUT2D eigenvalue weighted by Gasteiger charge is -2.29. The molecule has 18 heavy (non-hydrogen) atoms. The van der Waals surface area contributed by atoms with Gasteiger partial charge >= 0.3 is 5.97 Å². The Balaban J connectivity index is 2.59. The molecule has 0 bridgehead atoms. The number of nitrogens with one attached hydrogen (secondary N) is 1. The van der Waals surface area contributed by atoms with Crippen LogP contribution in [0.5, 0.6) is 0 Å². The number of carbonyl (C=O) groups is 2. The van der Waals surface area contributed by atoms with Crippen LogP contribution in [0.4, 0.5) is 0 Å². The van der Waals surface area contributed by atoms with Gasteiger partial charge < -0.3 is 10.4 Å². The zero-order valence-electron chi connectivity index (χ0n) is 11.4. The third kappa shape index (κ3) is 4.00. The van der Waals surface area contributed by atoms with Gasteiger partial charge in [-0.15, -0.1) is 0 Å². The van der Waals surface area contributed by atoms with E-state index in [1.54, 1.807) is 0 Å². The van der Waals surface area contributed by atoms with Gasteiger partial charge in [-0.3, -0.25) is 9.59 Å². The molecule has 1 saturated carbocycles. The van der Waals surface area contributed by atoms with E-state index in [0.717, 1.165) is 32.1 Å². The summed E-state index contributed by atoms with van der Waals surface area (Å²) in [4.78, 5) is 23.4. The summed E-state index contributed by atoms with van der Waals surface area (Å²) in [7, 11) is 0. The molecule has 0 aliphatic heterocycles. The molecule has 0 aromatic rings. The average Bonchev–Trinajstić information content (AvgIpc) is 2.38. The van der Waals surface area contributed by atoms with E-state index >= 15 is 0 Å². The Morgan fingerprint density at radius 2 is 1.83 bits per heavy atom. The third-order valence-corrected chi connectivity index (χ3v) is 3.90. The Labute approximate surface area is 109 Å². The molecule has 4 nitrogen and oxygen atoms in total. The summed E-state index contributed by atoms with van der Waals surface area (Å²) in [6, 6.07) is 0.193. The monoisotopic (exact) mass is 255 g/mol. The Morgan fingerprint density at radius 1 is 1.22 bits per heavy atom. The molecule has 0 spiro atoms. The number of hydrogen-bond acceptors (Lipinski definition) is 2. The maximum atomic E-state index is 12.2. The topological polar surface area (TPSA) is 66.4 Å². The second-order valence-corrected chi connectivity index (χ2v) is 5.24. The van der Waals surface area contributed by atoms with Gasteiger partial charge in [0.25, 0.3) is 0 Å². The van der Waals surface area contributed by atoms with E-state index in [-0.39, 0.29) is 17.9 Å². The Hall–Kier alpha value is -1.06. The highest BCUT2D eigenvalue weighted by molar-refractivity contribution is 5.85. The summed E-state index contributed by atoms with van der Waals surface area (Å²) < 4.78 is 0. The van der Waals surface area contributed by atoms with Gasteiger partial charge in [-0.25, -0.2) is 0 Å². The number of aliphatic carboxylic acids is 1. The van der Waals surface area contributed by atoms with Crippen molar-refractivity contribution in [3.63, 3.8) is 0 Å². The van der Waals surface area contributed by atoms with E-state index in [1.807, 2.05) is 0 Å². The van der Waals surface area contributed by atoms with Crippen molar-refractivity contribution in [1.29, 1.82) is 0 Å². The second-order valence-electron chi connectivity index (χ2n) is 5.24. The van der Waals surface area contributed by atoms with Crippen LogP contribution in [0.2, 0.25) is 0 Å². The lowest BCUT2D eigenvalue weighted by atomic mass is 9.78. The van der Waals surface area contributed by atoms with Gasteiger partial charge in [0.15, 0.2) is 0 Å². The fourth-order valence-corrected chi connectivity index (χ4v) is 2.78. The van der Waals surface area contributed by atoms with E-state index < -0.39 is 11.9 Å². The normalized spacial score (nSPS) is 25.4. The standard InChI is InChI=1S/C14H25NO3/c1-3-7-10(4-2)15-13(16)11-8-5-6-9-12(11)14(17)18/h10-12H,3-9H2,1-2H3,(H,15,16)(H,17,18)/t10?,11-,12+/m1/s1. The van der Waals surface area contributed by atoms with Crippen LogP contribution in [-0.4, -0.2) is 23.0 Å². The zero-order chi connectivity index (χ0) is 13.5. The molecule has 2 N–H and O–H groups in total. The van der Waals surface area contributed by atoms with E-state index in [1.165, 1.54) is 0 Å². The number of hydrogen-bond donors (Lipinski definition) is 2. The van der Waals surface area contributed by atoms with Gasteiger partial charge in [0, 0.05) is 6.04 Å². The van der Waals surface area contributed by atoms with Gasteiger partial charge in [0.05, 0.1) is 11.8 Å². The van der Waals surface area contributed by atoms with Gasteiger partial charge in [-0.1, -0.05) is 33.1 Å². The first-order valence-corrected chi connectivity index (χ1v) is 7.13. The largest absolute Gasteiger partial charge is 0.481 e. The van der Waals surface area contributed by atoms with Crippen molar-refractivity contribution in [2.45, 2.75) is 64.8 Å². The van der Waals surface area contributed by atoms with Gasteiger partial charge in [-0.2, -0.15) is 0 Å². The quantitative estimate of drug-likeness (QED) is 0.766. The first kappa shape index (κ1) is 15.0. The molecular formula is C14H25NO3. The average molecular weight is 255 g/mol. The van der Waals surface area contributed by atoms with Crippen molar-refractivity contribution in [3.05, 3.63) is 0 Å². The molecule has 0 aromatic carbocycles. The van der Waals surface area contributed by atoms with Crippen molar-refractivity contribution in [2.24, 2.45) is 11.8 Å². The van der Waals surface area contributed by atoms with Crippen LogP contribution in [0.3, 0.4) is 0 Å². The Kier molecular flexibility index (Phi) is 6.16. The highest BCUT2D eigenvalue weighted by atomic mass is 16.4. The van der Waals surface area contributed by atoms with Crippen molar-refractivity contribution in [2.75, 3.05) is 0 Å². The summed E-state index contributed by atoms with van der Waals surface area (Å²) in [6.45, 7) is 4.14. The fourth-order valence-electron chi connectivity index (χ4n) is 2.78. The first-order valence-electron chi connectivity index (χ1n) is 7.13. The van der Waals surface area contributed by atoms with Crippen molar-refractivity contribution >= 4 is 11.9 Å². The maximum absolute atomic E-state index is 12.2. The smallest absolute Gasteiger partial charge is 0.307 e. The van der Waals surface area contributed by atoms with Crippen molar-refractivity contribution < 1.29 is 14.7 Å². The van der Waals surface area contributed by atoms with E-state index in [4.69, 9.17) is 0 Å². The van der Waals surface area contributed by atoms with Crippen LogP contribution in [0.1, 0.15) is 58.8 Å². The van der Waals surface area contributed by atoms with Crippen LogP contribution in [-0.2, 0) is 9.59 Å². The minimum atomic E-state index is -0.821. The lowest BCUT2D eigenvalue weighted by molar-refractivity contribution is -0.149. The van der Waals surface area contributed by atoms with E-state index in [0.29, 0.717) is 12.8 Å². The van der Waals surface area contributed by atoms with Gasteiger partial charge in [-0.05, 0) is 25.7 Å². The molecule has 4 heteroatoms. The summed E-state index contributed by atoms with van der Waals surface area (Å²) in [5.41, 5.74) is 0. The van der Waals surface area contributed by atoms with Crippen molar-refractivity contribution in [1.82, 2.24) is 5.32 Å². The zero-order valence-corrected chi connectivity index (χ0v) is 11.4. The fraction of sp³-hybridized carbons (Fsp3) is 0.857. The summed E-state index contributed by atoms with van der Waals surface area (Å²) in [6.07, 6.45) is 6.14. The summed E-state index contributed by atoms with van der Waals surface area (Å²) >= 11 is 0. The second kappa shape index (κ2) is 7.39. The lowest BCUT2D eigenvalue weighted by Crippen LogP contribution is -2.43. The molecule has 104 valence electrons. The molecule has 1 amide bonds. The minimum absolute atomic E-state index is 0.0533. The predicted molar refractivity (Wildman–Crippen MR) is 70.2 cm³/mol. The van der Waals surface area contributed by atoms with Gasteiger partial charge in [0.1, 0.15) is 0 Å². The molecular weight excluding hydrogens is 230 g/mol. The predicted octanol–water partition coefficient (Wildman–Crippen LogP) is 2.57. The third-order valence-electron chi connectivity index (χ3n) is 3.90. The first-order chi connectivity index (χ1) is 8.60.